The summed E-state index contributed by atoms with van der Waals surface area (Å²) in [6.07, 6.45) is 8.65. The van der Waals surface area contributed by atoms with Gasteiger partial charge in [-0.25, -0.2) is 4.98 Å². The van der Waals surface area contributed by atoms with Crippen LogP contribution in [0.4, 0.5) is 0 Å². The van der Waals surface area contributed by atoms with Crippen molar-refractivity contribution in [1.82, 2.24) is 14.9 Å². The van der Waals surface area contributed by atoms with Crippen LogP contribution in [0.1, 0.15) is 59.1 Å². The normalized spacial score (nSPS) is 12.5. The summed E-state index contributed by atoms with van der Waals surface area (Å²) < 4.78 is 1.88. The molecule has 4 rings (SSSR count). The van der Waals surface area contributed by atoms with Crippen LogP contribution in [-0.4, -0.2) is 32.5 Å². The molecule has 0 bridgehead atoms. The molecule has 0 fully saturated rings. The molecule has 0 saturated carbocycles. The molecule has 172 valence electrons. The lowest BCUT2D eigenvalue weighted by molar-refractivity contribution is 0.0754. The molecule has 1 aliphatic rings. The van der Waals surface area contributed by atoms with E-state index in [0.717, 1.165) is 40.9 Å². The Labute approximate surface area is 206 Å². The standard InChI is InChI=1S/C25H24N4O2.2ClH/c1-3-5-11-22(30)28-25(31)24-21-15-26-23(18-9-7-6-8-10-18)19-14-17(4-2)12-13-20(19)29(21)16-27-24;;/h2,6-10,12-14,16,22,30H,3,5,11,15H2,1H3,(H,28,31);2*1H. The topological polar surface area (TPSA) is 79.5 Å². The second kappa shape index (κ2) is 11.7. The number of fused-ring (bicyclic) bond motifs is 3. The number of terminal acetylenes is 1. The minimum atomic E-state index is -0.899. The molecular formula is C25H26Cl2N4O2. The van der Waals surface area contributed by atoms with Gasteiger partial charge in [0, 0.05) is 16.7 Å². The number of carbonyl (C=O) groups is 1. The number of benzene rings is 2. The number of hydrogen-bond donors (Lipinski definition) is 2. The number of amides is 1. The highest BCUT2D eigenvalue weighted by atomic mass is 35.5. The van der Waals surface area contributed by atoms with Crippen LogP contribution < -0.4 is 5.32 Å². The Balaban J connectivity index is 0.00000193. The molecule has 0 saturated heterocycles. The summed E-state index contributed by atoms with van der Waals surface area (Å²) in [5, 5.41) is 12.7. The Morgan fingerprint density at radius 1 is 1.24 bits per heavy atom. The SMILES string of the molecule is C#Cc1ccc2c(c1)C(c1ccccc1)=NCc1c(C(=O)NC(O)CCCC)ncn1-2.Cl.Cl. The highest BCUT2D eigenvalue weighted by Crippen LogP contribution is 2.27. The van der Waals surface area contributed by atoms with Crippen molar-refractivity contribution in [3.8, 4) is 18.0 Å². The predicted octanol–water partition coefficient (Wildman–Crippen LogP) is 4.29. The summed E-state index contributed by atoms with van der Waals surface area (Å²) in [7, 11) is 0. The van der Waals surface area contributed by atoms with Gasteiger partial charge in [-0.3, -0.25) is 14.4 Å². The third-order valence-electron chi connectivity index (χ3n) is 5.32. The van der Waals surface area contributed by atoms with Crippen LogP contribution >= 0.6 is 24.8 Å². The van der Waals surface area contributed by atoms with E-state index in [2.05, 4.69) is 16.2 Å². The van der Waals surface area contributed by atoms with E-state index in [-0.39, 0.29) is 37.1 Å². The van der Waals surface area contributed by atoms with Gasteiger partial charge in [-0.1, -0.05) is 49.6 Å². The smallest absolute Gasteiger partial charge is 0.273 e. The molecular weight excluding hydrogens is 459 g/mol. The quantitative estimate of drug-likeness (QED) is 0.404. The fourth-order valence-electron chi connectivity index (χ4n) is 3.72. The lowest BCUT2D eigenvalue weighted by atomic mass is 9.98. The average Bonchev–Trinajstić information content (AvgIpc) is 3.15. The fourth-order valence-corrected chi connectivity index (χ4v) is 3.72. The number of unbranched alkanes of at least 4 members (excludes halogenated alkanes) is 1. The molecule has 2 heterocycles. The zero-order valence-electron chi connectivity index (χ0n) is 18.2. The first kappa shape index (κ1) is 26.1. The van der Waals surface area contributed by atoms with E-state index in [0.29, 0.717) is 12.1 Å². The molecule has 1 atom stereocenters. The Morgan fingerprint density at radius 2 is 2.00 bits per heavy atom. The zero-order valence-corrected chi connectivity index (χ0v) is 19.8. The summed E-state index contributed by atoms with van der Waals surface area (Å²) in [5.74, 6) is 2.28. The van der Waals surface area contributed by atoms with E-state index >= 15 is 0 Å². The highest BCUT2D eigenvalue weighted by Gasteiger charge is 2.25. The predicted molar refractivity (Wildman–Crippen MR) is 135 cm³/mol. The maximum atomic E-state index is 12.8. The van der Waals surface area contributed by atoms with Crippen LogP contribution in [0.5, 0.6) is 0 Å². The average molecular weight is 485 g/mol. The van der Waals surface area contributed by atoms with Crippen molar-refractivity contribution in [1.29, 1.82) is 0 Å². The van der Waals surface area contributed by atoms with E-state index in [4.69, 9.17) is 11.4 Å². The Kier molecular flexibility index (Phi) is 9.24. The molecule has 33 heavy (non-hydrogen) atoms. The molecule has 3 aromatic rings. The molecule has 2 N–H and O–H groups in total. The molecule has 1 unspecified atom stereocenters. The first-order chi connectivity index (χ1) is 15.1. The van der Waals surface area contributed by atoms with Gasteiger partial charge in [0.2, 0.25) is 0 Å². The minimum absolute atomic E-state index is 0. The van der Waals surface area contributed by atoms with E-state index in [9.17, 15) is 9.90 Å². The zero-order chi connectivity index (χ0) is 21.8. The summed E-state index contributed by atoms with van der Waals surface area (Å²) in [4.78, 5) is 22.0. The highest BCUT2D eigenvalue weighted by molar-refractivity contribution is 6.15. The van der Waals surface area contributed by atoms with Crippen LogP contribution in [0.15, 0.2) is 59.9 Å². The van der Waals surface area contributed by atoms with Crippen molar-refractivity contribution in [2.45, 2.75) is 39.0 Å². The van der Waals surface area contributed by atoms with Crippen LogP contribution in [0.3, 0.4) is 0 Å². The number of nitrogens with zero attached hydrogens (tertiary/aromatic N) is 3. The number of rotatable bonds is 6. The Hall–Kier alpha value is -3.11. The van der Waals surface area contributed by atoms with E-state index < -0.39 is 12.1 Å². The summed E-state index contributed by atoms with van der Waals surface area (Å²) in [6.45, 7) is 2.31. The monoisotopic (exact) mass is 484 g/mol. The van der Waals surface area contributed by atoms with Crippen LogP contribution in [0.25, 0.3) is 5.69 Å². The number of carbonyl (C=O) groups excluding carboxylic acids is 1. The maximum Gasteiger partial charge on any atom is 0.273 e. The van der Waals surface area contributed by atoms with Crippen molar-refractivity contribution in [3.63, 3.8) is 0 Å². The van der Waals surface area contributed by atoms with Gasteiger partial charge in [0.25, 0.3) is 5.91 Å². The van der Waals surface area contributed by atoms with Crippen molar-refractivity contribution >= 4 is 36.4 Å². The van der Waals surface area contributed by atoms with E-state index in [1.54, 1.807) is 6.33 Å². The van der Waals surface area contributed by atoms with E-state index in [1.165, 1.54) is 0 Å². The van der Waals surface area contributed by atoms with Crippen LogP contribution in [0.2, 0.25) is 0 Å². The molecule has 2 aromatic carbocycles. The number of nitrogens with one attached hydrogen (secondary N) is 1. The lowest BCUT2D eigenvalue weighted by Crippen LogP contribution is -2.35. The van der Waals surface area contributed by atoms with Crippen molar-refractivity contribution in [2.24, 2.45) is 4.99 Å². The molecule has 6 nitrogen and oxygen atoms in total. The first-order valence-corrected chi connectivity index (χ1v) is 10.4. The van der Waals surface area contributed by atoms with Crippen LogP contribution in [0, 0.1) is 12.3 Å². The number of hydrogen-bond acceptors (Lipinski definition) is 4. The molecule has 0 spiro atoms. The third kappa shape index (κ3) is 5.45. The molecule has 1 aromatic heterocycles. The first-order valence-electron chi connectivity index (χ1n) is 10.4. The van der Waals surface area contributed by atoms with Gasteiger partial charge in [0.05, 0.1) is 23.6 Å². The minimum Gasteiger partial charge on any atom is -0.374 e. The number of aromatic nitrogens is 2. The molecule has 0 radical (unpaired) electrons. The molecule has 1 aliphatic heterocycles. The van der Waals surface area contributed by atoms with Gasteiger partial charge >= 0.3 is 0 Å². The van der Waals surface area contributed by atoms with Gasteiger partial charge in [-0.15, -0.1) is 31.2 Å². The number of imidazole rings is 1. The molecule has 1 amide bonds. The molecule has 8 heteroatoms. The number of aliphatic hydroxyl groups is 1. The number of aliphatic imine (C=N–C) groups is 1. The second-order valence-electron chi connectivity index (χ2n) is 7.45. The maximum absolute atomic E-state index is 12.8. The molecule has 0 aliphatic carbocycles. The summed E-state index contributed by atoms with van der Waals surface area (Å²) >= 11 is 0. The fraction of sp³-hybridized carbons (Fsp3) is 0.240. The number of aliphatic hydroxyl groups excluding tert-OH is 1. The second-order valence-corrected chi connectivity index (χ2v) is 7.45. The van der Waals surface area contributed by atoms with Gasteiger partial charge < -0.3 is 10.4 Å². The van der Waals surface area contributed by atoms with Gasteiger partial charge in [-0.2, -0.15) is 0 Å². The summed E-state index contributed by atoms with van der Waals surface area (Å²) in [5.41, 5.74) is 5.20. The summed E-state index contributed by atoms with van der Waals surface area (Å²) in [6, 6.07) is 15.6. The lowest BCUT2D eigenvalue weighted by Gasteiger charge is -2.13. The number of halogens is 2. The Morgan fingerprint density at radius 3 is 2.70 bits per heavy atom. The third-order valence-corrected chi connectivity index (χ3v) is 5.32. The van der Waals surface area contributed by atoms with Gasteiger partial charge in [0.1, 0.15) is 12.6 Å². The largest absolute Gasteiger partial charge is 0.374 e. The van der Waals surface area contributed by atoms with Gasteiger partial charge in [0.15, 0.2) is 5.69 Å². The van der Waals surface area contributed by atoms with Crippen molar-refractivity contribution < 1.29 is 9.90 Å². The Bertz CT molecular complexity index is 1180. The van der Waals surface area contributed by atoms with Crippen molar-refractivity contribution in [2.75, 3.05) is 0 Å². The van der Waals surface area contributed by atoms with Gasteiger partial charge in [-0.05, 0) is 31.0 Å². The van der Waals surface area contributed by atoms with Crippen molar-refractivity contribution in [3.05, 3.63) is 82.9 Å². The van der Waals surface area contributed by atoms with Crippen LogP contribution in [-0.2, 0) is 6.54 Å². The van der Waals surface area contributed by atoms with E-state index in [1.807, 2.05) is 60.0 Å².